The van der Waals surface area contributed by atoms with Gasteiger partial charge in [0.05, 0.1) is 5.02 Å². The van der Waals surface area contributed by atoms with Crippen molar-refractivity contribution < 1.29 is 9.50 Å². The Labute approximate surface area is 170 Å². The SMILES string of the molecule is CC1CCC(N(C)C)C(O)(c2ccc(F)c(Cl)c2)C1=Cc1ccc(Cl)cc1. The lowest BCUT2D eigenvalue weighted by Gasteiger charge is -2.48. The summed E-state index contributed by atoms with van der Waals surface area (Å²) >= 11 is 12.1. The summed E-state index contributed by atoms with van der Waals surface area (Å²) < 4.78 is 13.8. The molecule has 0 saturated heterocycles. The molecule has 144 valence electrons. The summed E-state index contributed by atoms with van der Waals surface area (Å²) in [6, 6.07) is 11.9. The fourth-order valence-electron chi connectivity index (χ4n) is 4.06. The molecule has 2 aromatic carbocycles. The van der Waals surface area contributed by atoms with Crippen molar-refractivity contribution in [2.45, 2.75) is 31.4 Å². The van der Waals surface area contributed by atoms with Gasteiger partial charge in [-0.3, -0.25) is 0 Å². The van der Waals surface area contributed by atoms with Crippen molar-refractivity contribution in [3.05, 3.63) is 75.0 Å². The Kier molecular flexibility index (Phi) is 5.97. The molecule has 3 atom stereocenters. The van der Waals surface area contributed by atoms with Gasteiger partial charge in [0.15, 0.2) is 0 Å². The van der Waals surface area contributed by atoms with E-state index in [1.807, 2.05) is 49.3 Å². The molecule has 1 aliphatic rings. The second-order valence-electron chi connectivity index (χ2n) is 7.50. The van der Waals surface area contributed by atoms with E-state index in [0.29, 0.717) is 10.6 Å². The Morgan fingerprint density at radius 1 is 1.11 bits per heavy atom. The summed E-state index contributed by atoms with van der Waals surface area (Å²) in [5.41, 5.74) is 1.21. The van der Waals surface area contributed by atoms with Crippen LogP contribution in [-0.4, -0.2) is 30.1 Å². The Hall–Kier alpha value is -1.39. The largest absolute Gasteiger partial charge is 0.379 e. The minimum absolute atomic E-state index is 0.0162. The number of hydrogen-bond donors (Lipinski definition) is 1. The number of halogens is 3. The molecule has 0 radical (unpaired) electrons. The highest BCUT2D eigenvalue weighted by Gasteiger charge is 2.47. The van der Waals surface area contributed by atoms with Crippen LogP contribution in [0.5, 0.6) is 0 Å². The molecule has 0 spiro atoms. The number of aliphatic hydroxyl groups is 1. The molecule has 2 aromatic rings. The van der Waals surface area contributed by atoms with E-state index in [2.05, 4.69) is 6.92 Å². The van der Waals surface area contributed by atoms with Crippen molar-refractivity contribution >= 4 is 29.3 Å². The molecule has 5 heteroatoms. The summed E-state index contributed by atoms with van der Waals surface area (Å²) in [7, 11) is 3.91. The molecule has 3 rings (SSSR count). The lowest BCUT2D eigenvalue weighted by molar-refractivity contribution is -0.0336. The van der Waals surface area contributed by atoms with E-state index < -0.39 is 11.4 Å². The molecule has 0 aromatic heterocycles. The Bertz CT molecular complexity index is 850. The molecule has 1 fully saturated rings. The van der Waals surface area contributed by atoms with Crippen molar-refractivity contribution in [2.75, 3.05) is 14.1 Å². The second kappa shape index (κ2) is 7.92. The molecule has 0 aliphatic heterocycles. The van der Waals surface area contributed by atoms with Gasteiger partial charge in [0.1, 0.15) is 11.4 Å². The smallest absolute Gasteiger partial charge is 0.141 e. The van der Waals surface area contributed by atoms with Gasteiger partial charge < -0.3 is 10.0 Å². The fraction of sp³-hybridized carbons (Fsp3) is 0.364. The zero-order chi connectivity index (χ0) is 19.8. The van der Waals surface area contributed by atoms with Gasteiger partial charge in [0.25, 0.3) is 0 Å². The molecule has 0 amide bonds. The summed E-state index contributed by atoms with van der Waals surface area (Å²) in [4.78, 5) is 2.03. The number of benzene rings is 2. The third-order valence-corrected chi connectivity index (χ3v) is 6.04. The van der Waals surface area contributed by atoms with Gasteiger partial charge in [-0.2, -0.15) is 0 Å². The van der Waals surface area contributed by atoms with E-state index in [9.17, 15) is 9.50 Å². The van der Waals surface area contributed by atoms with Crippen LogP contribution in [0.25, 0.3) is 6.08 Å². The average molecular weight is 408 g/mol. The van der Waals surface area contributed by atoms with Crippen LogP contribution in [0.2, 0.25) is 10.0 Å². The average Bonchev–Trinajstić information content (AvgIpc) is 2.62. The van der Waals surface area contributed by atoms with Crippen LogP contribution in [0.1, 0.15) is 30.9 Å². The van der Waals surface area contributed by atoms with E-state index in [1.165, 1.54) is 6.07 Å². The summed E-state index contributed by atoms with van der Waals surface area (Å²) in [5.74, 6) is -0.316. The Balaban J connectivity index is 2.19. The number of hydrogen-bond acceptors (Lipinski definition) is 2. The zero-order valence-corrected chi connectivity index (χ0v) is 17.2. The molecule has 2 nitrogen and oxygen atoms in total. The zero-order valence-electron chi connectivity index (χ0n) is 15.7. The van der Waals surface area contributed by atoms with E-state index in [4.69, 9.17) is 23.2 Å². The first kappa shape index (κ1) is 20.3. The number of nitrogens with zero attached hydrogens (tertiary/aromatic N) is 1. The predicted molar refractivity (Wildman–Crippen MR) is 111 cm³/mol. The van der Waals surface area contributed by atoms with Gasteiger partial charge in [0.2, 0.25) is 0 Å². The standard InChI is InChI=1S/C22H24Cl2FNO/c1-14-4-11-21(26(2)3)22(27,16-7-10-20(25)19(24)13-16)18(14)12-15-5-8-17(23)9-6-15/h5-10,12-14,21,27H,4,11H2,1-3H3. The first-order chi connectivity index (χ1) is 12.7. The van der Waals surface area contributed by atoms with Crippen LogP contribution in [0.15, 0.2) is 48.0 Å². The van der Waals surface area contributed by atoms with Gasteiger partial charge in [-0.05, 0) is 73.8 Å². The van der Waals surface area contributed by atoms with E-state index in [-0.39, 0.29) is 17.0 Å². The minimum Gasteiger partial charge on any atom is -0.379 e. The van der Waals surface area contributed by atoms with E-state index in [1.54, 1.807) is 12.1 Å². The van der Waals surface area contributed by atoms with Crippen LogP contribution in [0.3, 0.4) is 0 Å². The quantitative estimate of drug-likeness (QED) is 0.698. The van der Waals surface area contributed by atoms with Gasteiger partial charge in [-0.15, -0.1) is 0 Å². The predicted octanol–water partition coefficient (Wildman–Crippen LogP) is 5.76. The third kappa shape index (κ3) is 3.93. The van der Waals surface area contributed by atoms with Crippen LogP contribution >= 0.6 is 23.2 Å². The van der Waals surface area contributed by atoms with Gasteiger partial charge >= 0.3 is 0 Å². The highest BCUT2D eigenvalue weighted by atomic mass is 35.5. The maximum absolute atomic E-state index is 13.8. The number of likely N-dealkylation sites (N-methyl/N-ethyl adjacent to an activating group) is 1. The van der Waals surface area contributed by atoms with Gasteiger partial charge in [0, 0.05) is 11.1 Å². The topological polar surface area (TPSA) is 23.5 Å². The normalized spacial score (nSPS) is 27.3. The fourth-order valence-corrected chi connectivity index (χ4v) is 4.36. The first-order valence-electron chi connectivity index (χ1n) is 9.05. The van der Waals surface area contributed by atoms with Crippen LogP contribution in [-0.2, 0) is 5.60 Å². The van der Waals surface area contributed by atoms with Gasteiger partial charge in [-0.25, -0.2) is 4.39 Å². The molecule has 0 bridgehead atoms. The molecule has 1 aliphatic carbocycles. The monoisotopic (exact) mass is 407 g/mol. The lowest BCUT2D eigenvalue weighted by atomic mass is 9.67. The maximum atomic E-state index is 13.8. The van der Waals surface area contributed by atoms with Crippen LogP contribution in [0, 0.1) is 11.7 Å². The highest BCUT2D eigenvalue weighted by molar-refractivity contribution is 6.31. The second-order valence-corrected chi connectivity index (χ2v) is 8.35. The molecule has 0 heterocycles. The Morgan fingerprint density at radius 2 is 1.78 bits per heavy atom. The summed E-state index contributed by atoms with van der Waals surface area (Å²) in [6.45, 7) is 2.11. The third-order valence-electron chi connectivity index (χ3n) is 5.50. The Morgan fingerprint density at radius 3 is 2.37 bits per heavy atom. The van der Waals surface area contributed by atoms with Crippen molar-refractivity contribution in [1.29, 1.82) is 0 Å². The molecule has 1 saturated carbocycles. The van der Waals surface area contributed by atoms with E-state index >= 15 is 0 Å². The summed E-state index contributed by atoms with van der Waals surface area (Å²) in [6.07, 6.45) is 3.81. The highest BCUT2D eigenvalue weighted by Crippen LogP contribution is 2.47. The van der Waals surface area contributed by atoms with Crippen molar-refractivity contribution in [1.82, 2.24) is 4.90 Å². The van der Waals surface area contributed by atoms with Crippen molar-refractivity contribution in [3.8, 4) is 0 Å². The van der Waals surface area contributed by atoms with Crippen LogP contribution in [0.4, 0.5) is 4.39 Å². The van der Waals surface area contributed by atoms with E-state index in [0.717, 1.165) is 24.0 Å². The molecule has 27 heavy (non-hydrogen) atoms. The maximum Gasteiger partial charge on any atom is 0.141 e. The van der Waals surface area contributed by atoms with Crippen LogP contribution < -0.4 is 0 Å². The van der Waals surface area contributed by atoms with Crippen molar-refractivity contribution in [2.24, 2.45) is 5.92 Å². The van der Waals surface area contributed by atoms with Gasteiger partial charge in [-0.1, -0.05) is 54.4 Å². The minimum atomic E-state index is -1.27. The lowest BCUT2D eigenvalue weighted by Crippen LogP contribution is -2.53. The van der Waals surface area contributed by atoms with Crippen molar-refractivity contribution in [3.63, 3.8) is 0 Å². The first-order valence-corrected chi connectivity index (χ1v) is 9.81. The number of rotatable bonds is 3. The molecular formula is C22H24Cl2FNO. The molecule has 1 N–H and O–H groups in total. The molecular weight excluding hydrogens is 384 g/mol. The summed E-state index contributed by atoms with van der Waals surface area (Å²) in [5, 5.41) is 12.7. The molecule has 3 unspecified atom stereocenters.